The Bertz CT molecular complexity index is 754. The molecule has 0 aliphatic carbocycles. The maximum Gasteiger partial charge on any atom is 0.326 e. The average Bonchev–Trinajstić information content (AvgIpc) is 3.08. The van der Waals surface area contributed by atoms with E-state index in [1.807, 2.05) is 12.1 Å². The summed E-state index contributed by atoms with van der Waals surface area (Å²) in [6.07, 6.45) is 0.689. The Morgan fingerprint density at radius 1 is 1.11 bits per heavy atom. The third-order valence-corrected chi connectivity index (χ3v) is 5.48. The Kier molecular flexibility index (Phi) is 6.10. The second-order valence-corrected chi connectivity index (χ2v) is 7.28. The minimum Gasteiger partial charge on any atom is -0.493 e. The van der Waals surface area contributed by atoms with Crippen LogP contribution in [0.4, 0.5) is 4.79 Å². The summed E-state index contributed by atoms with van der Waals surface area (Å²) in [4.78, 5) is 38.8. The number of hydrogen-bond donors (Lipinski definition) is 0. The van der Waals surface area contributed by atoms with Crippen molar-refractivity contribution in [2.75, 3.05) is 46.2 Å². The van der Waals surface area contributed by atoms with Crippen LogP contribution >= 0.6 is 11.8 Å². The Morgan fingerprint density at radius 3 is 2.44 bits per heavy atom. The summed E-state index contributed by atoms with van der Waals surface area (Å²) in [7, 11) is 3.16. The van der Waals surface area contributed by atoms with Gasteiger partial charge in [0.25, 0.3) is 11.1 Å². The number of rotatable bonds is 6. The molecule has 1 aromatic rings. The molecular formula is C18H22N2O6S. The lowest BCUT2D eigenvalue weighted by Gasteiger charge is -2.29. The highest BCUT2D eigenvalue weighted by Crippen LogP contribution is 2.33. The van der Waals surface area contributed by atoms with Gasteiger partial charge in [0, 0.05) is 25.4 Å². The number of carbonyl (C=O) groups is 3. The number of amides is 2. The van der Waals surface area contributed by atoms with Crippen LogP contribution in [0.25, 0.3) is 0 Å². The van der Waals surface area contributed by atoms with Crippen molar-refractivity contribution < 1.29 is 28.6 Å². The molecule has 0 unspecified atom stereocenters. The van der Waals surface area contributed by atoms with Gasteiger partial charge in [-0.05, 0) is 29.7 Å². The minimum absolute atomic E-state index is 0.112. The van der Waals surface area contributed by atoms with Crippen molar-refractivity contribution in [3.63, 3.8) is 0 Å². The van der Waals surface area contributed by atoms with Crippen LogP contribution in [0.3, 0.4) is 0 Å². The Hall–Kier alpha value is -2.42. The number of fused-ring (bicyclic) bond motifs is 1. The molecule has 1 saturated heterocycles. The van der Waals surface area contributed by atoms with Crippen LogP contribution in [0.15, 0.2) is 12.1 Å². The Morgan fingerprint density at radius 2 is 1.81 bits per heavy atom. The van der Waals surface area contributed by atoms with E-state index in [-0.39, 0.29) is 24.3 Å². The van der Waals surface area contributed by atoms with Crippen molar-refractivity contribution in [1.82, 2.24) is 9.80 Å². The molecule has 2 amide bonds. The van der Waals surface area contributed by atoms with E-state index in [0.29, 0.717) is 43.3 Å². The molecule has 3 rings (SSSR count). The van der Waals surface area contributed by atoms with Crippen LogP contribution in [0.1, 0.15) is 11.1 Å². The molecular weight excluding hydrogens is 372 g/mol. The number of hydrogen-bond acceptors (Lipinski definition) is 7. The maximum absolute atomic E-state index is 12.4. The van der Waals surface area contributed by atoms with E-state index in [1.165, 1.54) is 16.7 Å². The van der Waals surface area contributed by atoms with Crippen LogP contribution in [0.2, 0.25) is 0 Å². The fourth-order valence-corrected chi connectivity index (χ4v) is 3.93. The first-order valence-electron chi connectivity index (χ1n) is 8.60. The van der Waals surface area contributed by atoms with Gasteiger partial charge in [0.05, 0.1) is 14.2 Å². The van der Waals surface area contributed by atoms with E-state index in [2.05, 4.69) is 0 Å². The Labute approximate surface area is 161 Å². The lowest BCUT2D eigenvalue weighted by atomic mass is 9.99. The summed E-state index contributed by atoms with van der Waals surface area (Å²) in [5, 5.41) is -0.129. The SMILES string of the molecule is COc1cc2c(cc1OC)CN(C(=O)COC(=O)CN1CCSC1=O)CC2. The van der Waals surface area contributed by atoms with Crippen LogP contribution in [-0.2, 0) is 27.3 Å². The summed E-state index contributed by atoms with van der Waals surface area (Å²) in [5.41, 5.74) is 2.09. The normalized spacial score (nSPS) is 16.1. The zero-order valence-corrected chi connectivity index (χ0v) is 16.2. The van der Waals surface area contributed by atoms with Gasteiger partial charge in [-0.15, -0.1) is 0 Å². The highest BCUT2D eigenvalue weighted by atomic mass is 32.2. The molecule has 0 radical (unpaired) electrons. The van der Waals surface area contributed by atoms with Crippen molar-refractivity contribution >= 4 is 28.9 Å². The van der Waals surface area contributed by atoms with Crippen molar-refractivity contribution in [3.8, 4) is 11.5 Å². The molecule has 2 aliphatic heterocycles. The largest absolute Gasteiger partial charge is 0.493 e. The zero-order valence-electron chi connectivity index (χ0n) is 15.4. The number of benzene rings is 1. The molecule has 0 spiro atoms. The van der Waals surface area contributed by atoms with E-state index in [9.17, 15) is 14.4 Å². The van der Waals surface area contributed by atoms with Crippen molar-refractivity contribution in [2.24, 2.45) is 0 Å². The second-order valence-electron chi connectivity index (χ2n) is 6.24. The molecule has 2 heterocycles. The summed E-state index contributed by atoms with van der Waals surface area (Å²) in [6, 6.07) is 3.80. The van der Waals surface area contributed by atoms with Gasteiger partial charge in [-0.25, -0.2) is 0 Å². The second kappa shape index (κ2) is 8.51. The predicted molar refractivity (Wildman–Crippen MR) is 99.1 cm³/mol. The molecule has 8 nitrogen and oxygen atoms in total. The van der Waals surface area contributed by atoms with Crippen LogP contribution < -0.4 is 9.47 Å². The van der Waals surface area contributed by atoms with E-state index in [0.717, 1.165) is 11.1 Å². The number of methoxy groups -OCH3 is 2. The first-order chi connectivity index (χ1) is 13.0. The van der Waals surface area contributed by atoms with Gasteiger partial charge in [-0.2, -0.15) is 0 Å². The van der Waals surface area contributed by atoms with Crippen molar-refractivity contribution in [1.29, 1.82) is 0 Å². The van der Waals surface area contributed by atoms with Gasteiger partial charge in [0.2, 0.25) is 0 Å². The summed E-state index contributed by atoms with van der Waals surface area (Å²) >= 11 is 1.18. The monoisotopic (exact) mass is 394 g/mol. The lowest BCUT2D eigenvalue weighted by molar-refractivity contribution is -0.152. The lowest BCUT2D eigenvalue weighted by Crippen LogP contribution is -2.39. The standard InChI is InChI=1S/C18H22N2O6S/c1-24-14-7-12-3-4-19(9-13(12)8-15(14)25-2)16(21)11-26-17(22)10-20-5-6-27-18(20)23/h7-8H,3-6,9-11H2,1-2H3. The first kappa shape index (κ1) is 19.3. The molecule has 0 bridgehead atoms. The van der Waals surface area contributed by atoms with E-state index in [1.54, 1.807) is 19.1 Å². The molecule has 146 valence electrons. The summed E-state index contributed by atoms with van der Waals surface area (Å²) in [5.74, 6) is 1.13. The molecule has 0 saturated carbocycles. The average molecular weight is 394 g/mol. The molecule has 2 aliphatic rings. The van der Waals surface area contributed by atoms with Gasteiger partial charge >= 0.3 is 5.97 Å². The summed E-state index contributed by atoms with van der Waals surface area (Å²) in [6.45, 7) is 1.06. The number of carbonyl (C=O) groups excluding carboxylic acids is 3. The van der Waals surface area contributed by atoms with Gasteiger partial charge < -0.3 is 24.0 Å². The quantitative estimate of drug-likeness (QED) is 0.672. The van der Waals surface area contributed by atoms with E-state index in [4.69, 9.17) is 14.2 Å². The molecule has 0 N–H and O–H groups in total. The van der Waals surface area contributed by atoms with Crippen LogP contribution in [0, 0.1) is 0 Å². The fourth-order valence-electron chi connectivity index (χ4n) is 3.10. The summed E-state index contributed by atoms with van der Waals surface area (Å²) < 4.78 is 15.7. The molecule has 0 atom stereocenters. The number of thioether (sulfide) groups is 1. The number of nitrogens with zero attached hydrogens (tertiary/aromatic N) is 2. The third-order valence-electron chi connectivity index (χ3n) is 4.59. The van der Waals surface area contributed by atoms with E-state index >= 15 is 0 Å². The Balaban J connectivity index is 1.54. The number of esters is 1. The highest BCUT2D eigenvalue weighted by molar-refractivity contribution is 8.13. The smallest absolute Gasteiger partial charge is 0.326 e. The predicted octanol–water partition coefficient (Wildman–Crippen LogP) is 1.30. The molecule has 9 heteroatoms. The maximum atomic E-state index is 12.4. The fraction of sp³-hybridized carbons (Fsp3) is 0.500. The van der Waals surface area contributed by atoms with Crippen LogP contribution in [0.5, 0.6) is 11.5 Å². The van der Waals surface area contributed by atoms with Gasteiger partial charge in [0.1, 0.15) is 6.54 Å². The third kappa shape index (κ3) is 4.47. The van der Waals surface area contributed by atoms with Crippen molar-refractivity contribution in [3.05, 3.63) is 23.3 Å². The van der Waals surface area contributed by atoms with Gasteiger partial charge in [0.15, 0.2) is 18.1 Å². The number of ether oxygens (including phenoxy) is 3. The molecule has 1 fully saturated rings. The van der Waals surface area contributed by atoms with Gasteiger partial charge in [-0.3, -0.25) is 14.4 Å². The first-order valence-corrected chi connectivity index (χ1v) is 9.59. The minimum atomic E-state index is -0.567. The molecule has 1 aromatic carbocycles. The van der Waals surface area contributed by atoms with Crippen LogP contribution in [-0.4, -0.2) is 73.1 Å². The van der Waals surface area contributed by atoms with Gasteiger partial charge in [-0.1, -0.05) is 11.8 Å². The van der Waals surface area contributed by atoms with Crippen molar-refractivity contribution in [2.45, 2.75) is 13.0 Å². The molecule has 0 aromatic heterocycles. The van der Waals surface area contributed by atoms with E-state index < -0.39 is 5.97 Å². The zero-order chi connectivity index (χ0) is 19.4. The topological polar surface area (TPSA) is 85.4 Å². The highest BCUT2D eigenvalue weighted by Gasteiger charge is 2.26. The molecule has 27 heavy (non-hydrogen) atoms.